The summed E-state index contributed by atoms with van der Waals surface area (Å²) in [5.41, 5.74) is 1.16. The molecular weight excluding hydrogens is 262 g/mol. The number of carbonyl (C=O) groups is 1. The topological polar surface area (TPSA) is 38.8 Å². The van der Waals surface area contributed by atoms with Crippen molar-refractivity contribution in [2.24, 2.45) is 0 Å². The number of hydrogen-bond acceptors (Lipinski definition) is 4. The summed E-state index contributed by atoms with van der Waals surface area (Å²) in [5.74, 6) is -0.237. The van der Waals surface area contributed by atoms with Gasteiger partial charge in [-0.2, -0.15) is 0 Å². The summed E-state index contributed by atoms with van der Waals surface area (Å²) in [6.45, 7) is 4.89. The maximum atomic E-state index is 12.5. The van der Waals surface area contributed by atoms with E-state index < -0.39 is 5.79 Å². The maximum Gasteiger partial charge on any atom is 0.264 e. The Labute approximate surface area is 117 Å². The Balaban J connectivity index is 1.66. The van der Waals surface area contributed by atoms with E-state index in [0.29, 0.717) is 13.2 Å². The average Bonchev–Trinajstić information content (AvgIpc) is 3.08. The predicted octanol–water partition coefficient (Wildman–Crippen LogP) is 2.29. The summed E-state index contributed by atoms with van der Waals surface area (Å²) >= 11 is 1.55. The second-order valence-corrected chi connectivity index (χ2v) is 5.94. The fourth-order valence-corrected chi connectivity index (χ4v) is 3.74. The molecule has 0 radical (unpaired) electrons. The van der Waals surface area contributed by atoms with Gasteiger partial charge in [0.15, 0.2) is 5.79 Å². The number of nitrogens with zero attached hydrogens (tertiary/aromatic N) is 1. The molecule has 0 aromatic carbocycles. The van der Waals surface area contributed by atoms with Crippen molar-refractivity contribution in [1.82, 2.24) is 4.90 Å². The summed E-state index contributed by atoms with van der Waals surface area (Å²) in [4.78, 5) is 15.3. The van der Waals surface area contributed by atoms with Crippen LogP contribution in [-0.2, 0) is 15.9 Å². The van der Waals surface area contributed by atoms with Crippen molar-refractivity contribution in [1.29, 1.82) is 0 Å². The molecule has 2 saturated heterocycles. The molecule has 2 aliphatic rings. The van der Waals surface area contributed by atoms with Crippen molar-refractivity contribution >= 4 is 17.2 Å². The Morgan fingerprint density at radius 2 is 2.05 bits per heavy atom. The van der Waals surface area contributed by atoms with Crippen molar-refractivity contribution in [2.45, 2.75) is 32.0 Å². The molecule has 1 amide bonds. The molecule has 1 aromatic heterocycles. The third kappa shape index (κ3) is 2.42. The highest BCUT2D eigenvalue weighted by molar-refractivity contribution is 7.12. The minimum Gasteiger partial charge on any atom is -0.347 e. The number of ether oxygens (including phenoxy) is 2. The van der Waals surface area contributed by atoms with Gasteiger partial charge < -0.3 is 14.4 Å². The van der Waals surface area contributed by atoms with E-state index >= 15 is 0 Å². The molecule has 0 unspecified atom stereocenters. The molecule has 1 aromatic rings. The monoisotopic (exact) mass is 281 g/mol. The summed E-state index contributed by atoms with van der Waals surface area (Å²) < 4.78 is 11.4. The number of carbonyl (C=O) groups excluding carboxylic acids is 1. The summed E-state index contributed by atoms with van der Waals surface area (Å²) in [6.07, 6.45) is 2.48. The maximum absolute atomic E-state index is 12.5. The van der Waals surface area contributed by atoms with Crippen LogP contribution >= 0.6 is 11.3 Å². The van der Waals surface area contributed by atoms with Crippen molar-refractivity contribution in [2.75, 3.05) is 26.3 Å². The lowest BCUT2D eigenvalue weighted by Crippen LogP contribution is -2.47. The van der Waals surface area contributed by atoms with Gasteiger partial charge in [-0.1, -0.05) is 6.92 Å². The Kier molecular flexibility index (Phi) is 3.60. The number of amides is 1. The van der Waals surface area contributed by atoms with Gasteiger partial charge in [-0.25, -0.2) is 0 Å². The predicted molar refractivity (Wildman–Crippen MR) is 73.5 cm³/mol. The Bertz CT molecular complexity index is 455. The van der Waals surface area contributed by atoms with Gasteiger partial charge in [-0.3, -0.25) is 4.79 Å². The van der Waals surface area contributed by atoms with Crippen LogP contribution < -0.4 is 0 Å². The summed E-state index contributed by atoms with van der Waals surface area (Å²) in [7, 11) is 0. The van der Waals surface area contributed by atoms with Crippen LogP contribution in [0.3, 0.4) is 0 Å². The van der Waals surface area contributed by atoms with Gasteiger partial charge in [-0.15, -0.1) is 11.3 Å². The molecule has 2 aliphatic heterocycles. The number of piperidine rings is 1. The number of aryl methyl sites for hydroxylation is 1. The van der Waals surface area contributed by atoms with Gasteiger partial charge >= 0.3 is 0 Å². The minimum absolute atomic E-state index is 0.166. The fourth-order valence-electron chi connectivity index (χ4n) is 2.78. The third-order valence-corrected chi connectivity index (χ3v) is 4.89. The van der Waals surface area contributed by atoms with E-state index in [4.69, 9.17) is 9.47 Å². The molecule has 3 heterocycles. The zero-order valence-corrected chi connectivity index (χ0v) is 12.0. The number of thiophene rings is 1. The smallest absolute Gasteiger partial charge is 0.264 e. The first-order valence-corrected chi connectivity index (χ1v) is 7.76. The molecule has 4 nitrogen and oxygen atoms in total. The van der Waals surface area contributed by atoms with Crippen LogP contribution in [0.4, 0.5) is 0 Å². The largest absolute Gasteiger partial charge is 0.347 e. The van der Waals surface area contributed by atoms with Crippen molar-refractivity contribution in [3.05, 3.63) is 21.9 Å². The lowest BCUT2D eigenvalue weighted by molar-refractivity contribution is -0.181. The van der Waals surface area contributed by atoms with Crippen LogP contribution in [0.5, 0.6) is 0 Å². The first-order valence-electron chi connectivity index (χ1n) is 6.88. The average molecular weight is 281 g/mol. The standard InChI is InChI=1S/C14H19NO3S/c1-2-11-3-10-19-12(11)13(16)15-6-4-14(5-7-15)17-8-9-18-14/h3,10H,2,4-9H2,1H3. The number of rotatable bonds is 2. The molecule has 5 heteroatoms. The van der Waals surface area contributed by atoms with Gasteiger partial charge in [0.2, 0.25) is 0 Å². The molecule has 2 fully saturated rings. The zero-order valence-electron chi connectivity index (χ0n) is 11.2. The van der Waals surface area contributed by atoms with Crippen molar-refractivity contribution in [3.8, 4) is 0 Å². The van der Waals surface area contributed by atoms with Gasteiger partial charge in [0.1, 0.15) is 0 Å². The lowest BCUT2D eigenvalue weighted by Gasteiger charge is -2.37. The first kappa shape index (κ1) is 13.1. The van der Waals surface area contributed by atoms with Crippen LogP contribution in [0.2, 0.25) is 0 Å². The van der Waals surface area contributed by atoms with Crippen molar-refractivity contribution in [3.63, 3.8) is 0 Å². The quantitative estimate of drug-likeness (QED) is 0.835. The highest BCUT2D eigenvalue weighted by atomic mass is 32.1. The van der Waals surface area contributed by atoms with Crippen LogP contribution in [0, 0.1) is 0 Å². The van der Waals surface area contributed by atoms with Crippen LogP contribution in [0.1, 0.15) is 35.0 Å². The second-order valence-electron chi connectivity index (χ2n) is 5.03. The Hall–Kier alpha value is -0.910. The minimum atomic E-state index is -0.403. The molecule has 0 bridgehead atoms. The van der Waals surface area contributed by atoms with Crippen LogP contribution in [-0.4, -0.2) is 42.9 Å². The van der Waals surface area contributed by atoms with E-state index in [0.717, 1.165) is 42.8 Å². The lowest BCUT2D eigenvalue weighted by atomic mass is 10.0. The molecule has 19 heavy (non-hydrogen) atoms. The third-order valence-electron chi connectivity index (χ3n) is 3.95. The molecular formula is C14H19NO3S. The van der Waals surface area contributed by atoms with Gasteiger partial charge in [0, 0.05) is 25.9 Å². The van der Waals surface area contributed by atoms with E-state index in [1.807, 2.05) is 16.3 Å². The molecule has 3 rings (SSSR count). The SMILES string of the molecule is CCc1ccsc1C(=O)N1CCC2(CC1)OCCO2. The van der Waals surface area contributed by atoms with Gasteiger partial charge in [0.05, 0.1) is 18.1 Å². The summed E-state index contributed by atoms with van der Waals surface area (Å²) in [6, 6.07) is 2.05. The Morgan fingerprint density at radius 1 is 1.37 bits per heavy atom. The van der Waals surface area contributed by atoms with Crippen molar-refractivity contribution < 1.29 is 14.3 Å². The normalized spacial score (nSPS) is 22.1. The highest BCUT2D eigenvalue weighted by Crippen LogP contribution is 2.32. The van der Waals surface area contributed by atoms with E-state index in [9.17, 15) is 4.79 Å². The summed E-state index contributed by atoms with van der Waals surface area (Å²) in [5, 5.41) is 2.00. The molecule has 0 atom stereocenters. The molecule has 0 N–H and O–H groups in total. The van der Waals surface area contributed by atoms with E-state index in [2.05, 4.69) is 6.92 Å². The highest BCUT2D eigenvalue weighted by Gasteiger charge is 2.41. The molecule has 104 valence electrons. The zero-order chi connectivity index (χ0) is 13.3. The number of likely N-dealkylation sites (tertiary alicyclic amines) is 1. The Morgan fingerprint density at radius 3 is 2.68 bits per heavy atom. The van der Waals surface area contributed by atoms with E-state index in [1.165, 1.54) is 0 Å². The number of hydrogen-bond donors (Lipinski definition) is 0. The second kappa shape index (κ2) is 5.23. The van der Waals surface area contributed by atoms with Gasteiger partial charge in [0.25, 0.3) is 5.91 Å². The van der Waals surface area contributed by atoms with Crippen LogP contribution in [0.15, 0.2) is 11.4 Å². The van der Waals surface area contributed by atoms with Crippen LogP contribution in [0.25, 0.3) is 0 Å². The molecule has 0 aliphatic carbocycles. The van der Waals surface area contributed by atoms with E-state index in [1.54, 1.807) is 11.3 Å². The molecule has 0 saturated carbocycles. The van der Waals surface area contributed by atoms with E-state index in [-0.39, 0.29) is 5.91 Å². The molecule has 1 spiro atoms. The van der Waals surface area contributed by atoms with Gasteiger partial charge in [-0.05, 0) is 23.4 Å². The fraction of sp³-hybridized carbons (Fsp3) is 0.643. The first-order chi connectivity index (χ1) is 9.24.